The third kappa shape index (κ3) is 4.70. The standard InChI is InChI=1S/C16H20ClN3S/c1-4-8-18-12(3)14-6-5-13(10-15(14)17)21-16-19-9-7-11(2)20-16/h5-7,9-10,12,18H,4,8H2,1-3H3. The first-order valence-electron chi connectivity index (χ1n) is 7.10. The summed E-state index contributed by atoms with van der Waals surface area (Å²) in [5.41, 5.74) is 2.09. The van der Waals surface area contributed by atoms with Crippen molar-refractivity contribution in [3.63, 3.8) is 0 Å². The molecule has 0 saturated carbocycles. The SMILES string of the molecule is CCCNC(C)c1ccc(Sc2nccc(C)n2)cc1Cl. The van der Waals surface area contributed by atoms with Crippen molar-refractivity contribution in [2.75, 3.05) is 6.54 Å². The molecular weight excluding hydrogens is 302 g/mol. The molecule has 1 unspecified atom stereocenters. The zero-order valence-corrected chi connectivity index (χ0v) is 14.1. The predicted octanol–water partition coefficient (Wildman–Crippen LogP) is 4.65. The third-order valence-corrected chi connectivity index (χ3v) is 4.32. The molecule has 21 heavy (non-hydrogen) atoms. The van der Waals surface area contributed by atoms with Crippen LogP contribution in [0.1, 0.15) is 37.6 Å². The summed E-state index contributed by atoms with van der Waals surface area (Å²) >= 11 is 7.93. The molecule has 112 valence electrons. The van der Waals surface area contributed by atoms with Gasteiger partial charge in [-0.15, -0.1) is 0 Å². The fourth-order valence-electron chi connectivity index (χ4n) is 1.97. The first-order chi connectivity index (χ1) is 10.1. The van der Waals surface area contributed by atoms with E-state index in [4.69, 9.17) is 11.6 Å². The maximum Gasteiger partial charge on any atom is 0.192 e. The second-order valence-electron chi connectivity index (χ2n) is 4.94. The van der Waals surface area contributed by atoms with Crippen LogP contribution in [0.15, 0.2) is 40.5 Å². The molecule has 2 aromatic rings. The Morgan fingerprint density at radius 1 is 1.33 bits per heavy atom. The minimum atomic E-state index is 0.256. The number of benzene rings is 1. The molecule has 0 fully saturated rings. The van der Waals surface area contributed by atoms with Crippen molar-refractivity contribution in [1.82, 2.24) is 15.3 Å². The lowest BCUT2D eigenvalue weighted by molar-refractivity contribution is 0.570. The Balaban J connectivity index is 2.11. The summed E-state index contributed by atoms with van der Waals surface area (Å²) in [6.45, 7) is 7.24. The molecule has 1 atom stereocenters. The molecule has 0 aliphatic carbocycles. The minimum Gasteiger partial charge on any atom is -0.310 e. The lowest BCUT2D eigenvalue weighted by Gasteiger charge is -2.15. The summed E-state index contributed by atoms with van der Waals surface area (Å²) in [4.78, 5) is 9.70. The first kappa shape index (κ1) is 16.3. The molecule has 0 aliphatic heterocycles. The van der Waals surface area contributed by atoms with Crippen LogP contribution >= 0.6 is 23.4 Å². The molecule has 0 saturated heterocycles. The van der Waals surface area contributed by atoms with Gasteiger partial charge < -0.3 is 5.32 Å². The lowest BCUT2D eigenvalue weighted by Crippen LogP contribution is -2.19. The van der Waals surface area contributed by atoms with Gasteiger partial charge in [-0.05, 0) is 62.3 Å². The van der Waals surface area contributed by atoms with Crippen LogP contribution in [0.3, 0.4) is 0 Å². The largest absolute Gasteiger partial charge is 0.310 e. The van der Waals surface area contributed by atoms with Crippen LogP contribution in [0.5, 0.6) is 0 Å². The Morgan fingerprint density at radius 3 is 2.81 bits per heavy atom. The van der Waals surface area contributed by atoms with E-state index in [-0.39, 0.29) is 6.04 Å². The molecule has 1 heterocycles. The van der Waals surface area contributed by atoms with Crippen LogP contribution in [0.2, 0.25) is 5.02 Å². The van der Waals surface area contributed by atoms with E-state index >= 15 is 0 Å². The Kier molecular flexibility index (Phi) is 6.03. The Labute approximate surface area is 135 Å². The summed E-state index contributed by atoms with van der Waals surface area (Å²) in [7, 11) is 0. The smallest absolute Gasteiger partial charge is 0.192 e. The highest BCUT2D eigenvalue weighted by molar-refractivity contribution is 7.99. The average Bonchev–Trinajstić information content (AvgIpc) is 2.45. The quantitative estimate of drug-likeness (QED) is 0.786. The highest BCUT2D eigenvalue weighted by atomic mass is 35.5. The van der Waals surface area contributed by atoms with E-state index in [1.54, 1.807) is 6.20 Å². The monoisotopic (exact) mass is 321 g/mol. The maximum atomic E-state index is 6.41. The van der Waals surface area contributed by atoms with Gasteiger partial charge in [0.2, 0.25) is 0 Å². The zero-order chi connectivity index (χ0) is 15.2. The van der Waals surface area contributed by atoms with E-state index in [0.717, 1.165) is 39.3 Å². The number of nitrogens with zero attached hydrogens (tertiary/aromatic N) is 2. The van der Waals surface area contributed by atoms with Crippen LogP contribution in [0.4, 0.5) is 0 Å². The number of hydrogen-bond acceptors (Lipinski definition) is 4. The van der Waals surface area contributed by atoms with Gasteiger partial charge in [-0.1, -0.05) is 24.6 Å². The normalized spacial score (nSPS) is 12.4. The number of aromatic nitrogens is 2. The molecule has 0 bridgehead atoms. The van der Waals surface area contributed by atoms with Gasteiger partial charge in [-0.3, -0.25) is 0 Å². The molecule has 0 amide bonds. The van der Waals surface area contributed by atoms with Gasteiger partial charge in [-0.2, -0.15) is 0 Å². The zero-order valence-electron chi connectivity index (χ0n) is 12.6. The van der Waals surface area contributed by atoms with Crippen LogP contribution in [-0.2, 0) is 0 Å². The van der Waals surface area contributed by atoms with Gasteiger partial charge in [0.1, 0.15) is 0 Å². The van der Waals surface area contributed by atoms with Crippen molar-refractivity contribution in [2.24, 2.45) is 0 Å². The van der Waals surface area contributed by atoms with Gasteiger partial charge >= 0.3 is 0 Å². The summed E-state index contributed by atoms with van der Waals surface area (Å²) in [6, 6.07) is 8.28. The molecular formula is C16H20ClN3S. The van der Waals surface area contributed by atoms with Gasteiger partial charge in [0.25, 0.3) is 0 Å². The fourth-order valence-corrected chi connectivity index (χ4v) is 3.21. The predicted molar refractivity (Wildman–Crippen MR) is 89.1 cm³/mol. The Morgan fingerprint density at radius 2 is 2.14 bits per heavy atom. The van der Waals surface area contributed by atoms with E-state index in [2.05, 4.69) is 41.3 Å². The molecule has 1 aromatic carbocycles. The van der Waals surface area contributed by atoms with Crippen LogP contribution in [-0.4, -0.2) is 16.5 Å². The molecule has 2 rings (SSSR count). The minimum absolute atomic E-state index is 0.256. The van der Waals surface area contributed by atoms with Crippen molar-refractivity contribution in [2.45, 2.75) is 43.3 Å². The van der Waals surface area contributed by atoms with Gasteiger partial charge in [-0.25, -0.2) is 9.97 Å². The third-order valence-electron chi connectivity index (χ3n) is 3.12. The lowest BCUT2D eigenvalue weighted by atomic mass is 10.1. The molecule has 1 aromatic heterocycles. The number of aryl methyl sites for hydroxylation is 1. The van der Waals surface area contributed by atoms with Crippen molar-refractivity contribution in [1.29, 1.82) is 0 Å². The van der Waals surface area contributed by atoms with Crippen molar-refractivity contribution in [3.05, 3.63) is 46.7 Å². The summed E-state index contributed by atoms with van der Waals surface area (Å²) in [5, 5.41) is 4.98. The van der Waals surface area contributed by atoms with E-state index < -0.39 is 0 Å². The van der Waals surface area contributed by atoms with Crippen LogP contribution in [0.25, 0.3) is 0 Å². The molecule has 0 radical (unpaired) electrons. The first-order valence-corrected chi connectivity index (χ1v) is 8.30. The van der Waals surface area contributed by atoms with Crippen LogP contribution in [0, 0.1) is 6.92 Å². The van der Waals surface area contributed by atoms with Crippen molar-refractivity contribution >= 4 is 23.4 Å². The average molecular weight is 322 g/mol. The Hall–Kier alpha value is -1.10. The van der Waals surface area contributed by atoms with Crippen molar-refractivity contribution < 1.29 is 0 Å². The molecule has 0 spiro atoms. The molecule has 3 nitrogen and oxygen atoms in total. The van der Waals surface area contributed by atoms with Crippen molar-refractivity contribution in [3.8, 4) is 0 Å². The number of rotatable bonds is 6. The van der Waals surface area contributed by atoms with E-state index in [1.807, 2.05) is 19.1 Å². The number of nitrogens with one attached hydrogen (secondary N) is 1. The van der Waals surface area contributed by atoms with Gasteiger partial charge in [0, 0.05) is 27.9 Å². The summed E-state index contributed by atoms with van der Waals surface area (Å²) in [6.07, 6.45) is 2.89. The topological polar surface area (TPSA) is 37.8 Å². The van der Waals surface area contributed by atoms with Gasteiger partial charge in [0.15, 0.2) is 5.16 Å². The molecule has 1 N–H and O–H groups in total. The Bertz CT molecular complexity index is 604. The number of halogens is 1. The van der Waals surface area contributed by atoms with E-state index in [0.29, 0.717) is 0 Å². The highest BCUT2D eigenvalue weighted by Gasteiger charge is 2.10. The van der Waals surface area contributed by atoms with E-state index in [1.165, 1.54) is 11.8 Å². The van der Waals surface area contributed by atoms with E-state index in [9.17, 15) is 0 Å². The molecule has 5 heteroatoms. The number of hydrogen-bond donors (Lipinski definition) is 1. The fraction of sp³-hybridized carbons (Fsp3) is 0.375. The molecule has 0 aliphatic rings. The summed E-state index contributed by atoms with van der Waals surface area (Å²) in [5.74, 6) is 0. The second kappa shape index (κ2) is 7.78. The maximum absolute atomic E-state index is 6.41. The summed E-state index contributed by atoms with van der Waals surface area (Å²) < 4.78 is 0. The highest BCUT2D eigenvalue weighted by Crippen LogP contribution is 2.31. The van der Waals surface area contributed by atoms with Gasteiger partial charge in [0.05, 0.1) is 0 Å². The van der Waals surface area contributed by atoms with Crippen LogP contribution < -0.4 is 5.32 Å². The second-order valence-corrected chi connectivity index (χ2v) is 6.39.